The fraction of sp³-hybridized carbons (Fsp3) is 0.462. The summed E-state index contributed by atoms with van der Waals surface area (Å²) in [6, 6.07) is 7.21. The summed E-state index contributed by atoms with van der Waals surface area (Å²) < 4.78 is 40.4. The van der Waals surface area contributed by atoms with Crippen molar-refractivity contribution in [3.63, 3.8) is 0 Å². The van der Waals surface area contributed by atoms with Gasteiger partial charge in [-0.1, -0.05) is 26.8 Å². The molecular formula is C26H32FNO8. The van der Waals surface area contributed by atoms with E-state index in [2.05, 4.69) is 4.98 Å². The third-order valence-corrected chi connectivity index (χ3v) is 5.20. The number of hydrogen-bond donors (Lipinski definition) is 0. The van der Waals surface area contributed by atoms with Crippen LogP contribution in [0.5, 0.6) is 17.2 Å². The molecule has 0 fully saturated rings. The Bertz CT molecular complexity index is 1060. The minimum atomic E-state index is -0.809. The molecule has 0 aliphatic carbocycles. The Morgan fingerprint density at radius 2 is 1.81 bits per heavy atom. The lowest BCUT2D eigenvalue weighted by Crippen LogP contribution is -2.39. The predicted molar refractivity (Wildman–Crippen MR) is 127 cm³/mol. The Balaban J connectivity index is 2.07. The van der Waals surface area contributed by atoms with Crippen LogP contribution in [-0.2, 0) is 19.1 Å². The molecule has 0 unspecified atom stereocenters. The maximum atomic E-state index is 13.5. The first-order valence-electron chi connectivity index (χ1n) is 11.5. The van der Waals surface area contributed by atoms with Crippen LogP contribution in [0.2, 0.25) is 0 Å². The summed E-state index contributed by atoms with van der Waals surface area (Å²) in [5, 5.41) is 0. The zero-order valence-corrected chi connectivity index (χ0v) is 21.3. The quantitative estimate of drug-likeness (QED) is 0.223. The molecule has 0 N–H and O–H groups in total. The zero-order chi connectivity index (χ0) is 26.8. The maximum Gasteiger partial charge on any atom is 0.309 e. The standard InChI is InChI=1S/C26H32FNO8/c1-15(2)24(36-20-9-7-8-19(27)13-20)17(4)35-26(31)16(3)12-21(30)23-25(34-14-33-18(5)29)22(32-6)10-11-28-23/h7-11,13,15-17,24H,12,14H2,1-6H3/t16-,17+,24-/m1/s1. The van der Waals surface area contributed by atoms with Crippen molar-refractivity contribution in [3.8, 4) is 17.2 Å². The van der Waals surface area contributed by atoms with Gasteiger partial charge in [0.1, 0.15) is 23.8 Å². The summed E-state index contributed by atoms with van der Waals surface area (Å²) >= 11 is 0. The van der Waals surface area contributed by atoms with Gasteiger partial charge in [0.25, 0.3) is 0 Å². The third kappa shape index (κ3) is 8.21. The van der Waals surface area contributed by atoms with Crippen molar-refractivity contribution in [2.75, 3.05) is 13.9 Å². The van der Waals surface area contributed by atoms with E-state index in [-0.39, 0.29) is 29.5 Å². The van der Waals surface area contributed by atoms with Crippen LogP contribution in [0.3, 0.4) is 0 Å². The Morgan fingerprint density at radius 1 is 1.08 bits per heavy atom. The number of rotatable bonds is 13. The molecule has 1 aromatic heterocycles. The first-order chi connectivity index (χ1) is 17.0. The number of pyridine rings is 1. The summed E-state index contributed by atoms with van der Waals surface area (Å²) in [4.78, 5) is 40.9. The molecule has 0 spiro atoms. The van der Waals surface area contributed by atoms with E-state index in [0.717, 1.165) is 0 Å². The van der Waals surface area contributed by atoms with Gasteiger partial charge >= 0.3 is 11.9 Å². The van der Waals surface area contributed by atoms with Crippen LogP contribution in [-0.4, -0.2) is 48.8 Å². The number of ether oxygens (including phenoxy) is 5. The topological polar surface area (TPSA) is 110 Å². The van der Waals surface area contributed by atoms with Crippen molar-refractivity contribution in [2.45, 2.75) is 53.2 Å². The van der Waals surface area contributed by atoms with E-state index in [9.17, 15) is 18.8 Å². The van der Waals surface area contributed by atoms with E-state index in [1.54, 1.807) is 19.9 Å². The molecule has 9 nitrogen and oxygen atoms in total. The van der Waals surface area contributed by atoms with Gasteiger partial charge in [0, 0.05) is 31.7 Å². The van der Waals surface area contributed by atoms with Crippen molar-refractivity contribution in [2.24, 2.45) is 11.8 Å². The van der Waals surface area contributed by atoms with Gasteiger partial charge in [-0.2, -0.15) is 0 Å². The summed E-state index contributed by atoms with van der Waals surface area (Å²) in [5.41, 5.74) is -0.0660. The summed E-state index contributed by atoms with van der Waals surface area (Å²) in [7, 11) is 1.39. The molecule has 196 valence electrons. The van der Waals surface area contributed by atoms with E-state index in [4.69, 9.17) is 23.7 Å². The van der Waals surface area contributed by atoms with Crippen molar-refractivity contribution < 1.29 is 42.5 Å². The van der Waals surface area contributed by atoms with Crippen LogP contribution in [0.25, 0.3) is 0 Å². The number of methoxy groups -OCH3 is 1. The van der Waals surface area contributed by atoms with Crippen LogP contribution < -0.4 is 14.2 Å². The number of hydrogen-bond acceptors (Lipinski definition) is 9. The SMILES string of the molecule is COc1ccnc(C(=O)C[C@@H](C)C(=O)O[C@@H](C)[C@H](Oc2cccc(F)c2)C(C)C)c1OCOC(C)=O. The Labute approximate surface area is 209 Å². The Morgan fingerprint density at radius 3 is 2.42 bits per heavy atom. The molecule has 0 aliphatic heterocycles. The molecule has 3 atom stereocenters. The van der Waals surface area contributed by atoms with Crippen LogP contribution in [0.1, 0.15) is 51.5 Å². The van der Waals surface area contributed by atoms with Gasteiger partial charge in [0.15, 0.2) is 23.0 Å². The van der Waals surface area contributed by atoms with Gasteiger partial charge in [0.05, 0.1) is 13.0 Å². The number of halogens is 1. The van der Waals surface area contributed by atoms with Gasteiger partial charge in [-0.05, 0) is 25.0 Å². The molecule has 1 heterocycles. The number of carbonyl (C=O) groups is 3. The van der Waals surface area contributed by atoms with Gasteiger partial charge < -0.3 is 23.7 Å². The van der Waals surface area contributed by atoms with E-state index in [1.165, 1.54) is 44.5 Å². The molecular weight excluding hydrogens is 473 g/mol. The van der Waals surface area contributed by atoms with Gasteiger partial charge in [0.2, 0.25) is 6.79 Å². The smallest absolute Gasteiger partial charge is 0.309 e. The number of esters is 2. The van der Waals surface area contributed by atoms with Crippen LogP contribution in [0, 0.1) is 17.7 Å². The monoisotopic (exact) mass is 505 g/mol. The molecule has 0 amide bonds. The second-order valence-corrected chi connectivity index (χ2v) is 8.54. The number of nitrogens with zero attached hydrogens (tertiary/aromatic N) is 1. The van der Waals surface area contributed by atoms with Gasteiger partial charge in [-0.3, -0.25) is 14.4 Å². The molecule has 2 aromatic rings. The zero-order valence-electron chi connectivity index (χ0n) is 21.3. The Hall–Kier alpha value is -3.69. The fourth-order valence-corrected chi connectivity index (χ4v) is 3.40. The van der Waals surface area contributed by atoms with E-state index in [1.807, 2.05) is 13.8 Å². The van der Waals surface area contributed by atoms with Crippen molar-refractivity contribution in [3.05, 3.63) is 48.0 Å². The van der Waals surface area contributed by atoms with Crippen molar-refractivity contribution in [1.82, 2.24) is 4.98 Å². The number of aromatic nitrogens is 1. The molecule has 2 rings (SSSR count). The molecule has 1 aromatic carbocycles. The normalized spacial score (nSPS) is 13.3. The van der Waals surface area contributed by atoms with Crippen LogP contribution in [0.15, 0.2) is 36.5 Å². The van der Waals surface area contributed by atoms with Crippen LogP contribution >= 0.6 is 0 Å². The Kier molecular flexibility index (Phi) is 10.6. The first-order valence-corrected chi connectivity index (χ1v) is 11.5. The molecule has 0 radical (unpaired) electrons. The molecule has 0 aliphatic rings. The molecule has 0 saturated heterocycles. The highest BCUT2D eigenvalue weighted by atomic mass is 19.1. The minimum absolute atomic E-state index is 0.00329. The fourth-order valence-electron chi connectivity index (χ4n) is 3.40. The highest BCUT2D eigenvalue weighted by Gasteiger charge is 2.30. The highest BCUT2D eigenvalue weighted by molar-refractivity contribution is 5.99. The third-order valence-electron chi connectivity index (χ3n) is 5.20. The second kappa shape index (κ2) is 13.4. The van der Waals surface area contributed by atoms with Gasteiger partial charge in [-0.15, -0.1) is 0 Å². The average Bonchev–Trinajstić information content (AvgIpc) is 2.81. The lowest BCUT2D eigenvalue weighted by atomic mass is 10.0. The molecule has 0 saturated carbocycles. The molecule has 36 heavy (non-hydrogen) atoms. The molecule has 10 heteroatoms. The van der Waals surface area contributed by atoms with Crippen molar-refractivity contribution >= 4 is 17.7 Å². The number of Topliss-reactive ketones (excluding diaryl/α,β-unsaturated/α-hetero) is 1. The average molecular weight is 506 g/mol. The number of carbonyl (C=O) groups excluding carboxylic acids is 3. The summed E-state index contributed by atoms with van der Waals surface area (Å²) in [6.45, 7) is 7.82. The largest absolute Gasteiger partial charge is 0.493 e. The lowest BCUT2D eigenvalue weighted by molar-refractivity contribution is -0.158. The highest BCUT2D eigenvalue weighted by Crippen LogP contribution is 2.31. The summed E-state index contributed by atoms with van der Waals surface area (Å²) in [6.07, 6.45) is -0.0598. The lowest BCUT2D eigenvalue weighted by Gasteiger charge is -2.29. The predicted octanol–water partition coefficient (Wildman–Crippen LogP) is 4.37. The van der Waals surface area contributed by atoms with Crippen LogP contribution in [0.4, 0.5) is 4.39 Å². The van der Waals surface area contributed by atoms with E-state index in [0.29, 0.717) is 5.75 Å². The van der Waals surface area contributed by atoms with E-state index >= 15 is 0 Å². The first kappa shape index (κ1) is 28.5. The van der Waals surface area contributed by atoms with E-state index < -0.39 is 48.5 Å². The second-order valence-electron chi connectivity index (χ2n) is 8.54. The number of ketones is 1. The van der Waals surface area contributed by atoms with Gasteiger partial charge in [-0.25, -0.2) is 9.37 Å². The minimum Gasteiger partial charge on any atom is -0.493 e. The maximum absolute atomic E-state index is 13.5. The summed E-state index contributed by atoms with van der Waals surface area (Å²) in [5.74, 6) is -2.39. The molecule has 0 bridgehead atoms. The van der Waals surface area contributed by atoms with Crippen molar-refractivity contribution in [1.29, 1.82) is 0 Å². The number of benzene rings is 1.